The number of hydrogen-bond acceptors (Lipinski definition) is 2. The standard InChI is InChI=1S/C17H24BrNO/c1-17(2)7-4-3-5-14(17)15(19)13-10-12(18)9-11-6-8-20-16(11)13/h9-10,14-15H,3-8,19H2,1-2H3. The van der Waals surface area contributed by atoms with Gasteiger partial charge in [0, 0.05) is 22.5 Å². The zero-order valence-corrected chi connectivity index (χ0v) is 14.0. The van der Waals surface area contributed by atoms with E-state index in [1.54, 1.807) is 0 Å². The van der Waals surface area contributed by atoms with Gasteiger partial charge in [-0.25, -0.2) is 0 Å². The smallest absolute Gasteiger partial charge is 0.127 e. The molecular weight excluding hydrogens is 314 g/mol. The van der Waals surface area contributed by atoms with Crippen LogP contribution in [-0.2, 0) is 6.42 Å². The lowest BCUT2D eigenvalue weighted by Crippen LogP contribution is -2.36. The topological polar surface area (TPSA) is 35.2 Å². The van der Waals surface area contributed by atoms with E-state index in [1.165, 1.54) is 36.8 Å². The van der Waals surface area contributed by atoms with Crippen molar-refractivity contribution in [2.24, 2.45) is 17.1 Å². The summed E-state index contributed by atoms with van der Waals surface area (Å²) < 4.78 is 6.99. The average molecular weight is 338 g/mol. The summed E-state index contributed by atoms with van der Waals surface area (Å²) in [4.78, 5) is 0. The van der Waals surface area contributed by atoms with Crippen molar-refractivity contribution >= 4 is 15.9 Å². The Morgan fingerprint density at radius 2 is 2.15 bits per heavy atom. The number of halogens is 1. The summed E-state index contributed by atoms with van der Waals surface area (Å²) in [5.41, 5.74) is 9.52. The van der Waals surface area contributed by atoms with Gasteiger partial charge >= 0.3 is 0 Å². The van der Waals surface area contributed by atoms with Crippen LogP contribution in [0.1, 0.15) is 56.7 Å². The summed E-state index contributed by atoms with van der Waals surface area (Å²) in [6.07, 6.45) is 6.16. The SMILES string of the molecule is CC1(C)CCCCC1C(N)c1cc(Br)cc2c1OCC2. The monoisotopic (exact) mass is 337 g/mol. The van der Waals surface area contributed by atoms with Crippen LogP contribution in [0.5, 0.6) is 5.75 Å². The fourth-order valence-corrected chi connectivity index (χ4v) is 4.47. The minimum absolute atomic E-state index is 0.0784. The van der Waals surface area contributed by atoms with Crippen molar-refractivity contribution in [3.63, 3.8) is 0 Å². The van der Waals surface area contributed by atoms with Crippen LogP contribution in [0.15, 0.2) is 16.6 Å². The largest absolute Gasteiger partial charge is 0.493 e. The van der Waals surface area contributed by atoms with Gasteiger partial charge < -0.3 is 10.5 Å². The van der Waals surface area contributed by atoms with Crippen LogP contribution < -0.4 is 10.5 Å². The summed E-state index contributed by atoms with van der Waals surface area (Å²) in [5.74, 6) is 1.60. The second-order valence-corrected chi connectivity index (χ2v) is 7.86. The van der Waals surface area contributed by atoms with Crippen molar-refractivity contribution in [1.29, 1.82) is 0 Å². The molecule has 0 bridgehead atoms. The molecule has 3 rings (SSSR count). The average Bonchev–Trinajstić information content (AvgIpc) is 2.84. The van der Waals surface area contributed by atoms with Crippen LogP contribution in [0.4, 0.5) is 0 Å². The molecule has 2 aliphatic rings. The van der Waals surface area contributed by atoms with Gasteiger partial charge in [0.25, 0.3) is 0 Å². The van der Waals surface area contributed by atoms with E-state index in [1.807, 2.05) is 0 Å². The maximum atomic E-state index is 6.69. The van der Waals surface area contributed by atoms with E-state index in [-0.39, 0.29) is 6.04 Å². The minimum atomic E-state index is 0.0784. The van der Waals surface area contributed by atoms with Crippen LogP contribution in [-0.4, -0.2) is 6.61 Å². The third-order valence-electron chi connectivity index (χ3n) is 5.16. The van der Waals surface area contributed by atoms with Crippen molar-refractivity contribution in [2.45, 2.75) is 52.0 Å². The van der Waals surface area contributed by atoms with E-state index >= 15 is 0 Å². The Balaban J connectivity index is 1.96. The van der Waals surface area contributed by atoms with Gasteiger partial charge in [0.15, 0.2) is 0 Å². The maximum Gasteiger partial charge on any atom is 0.127 e. The quantitative estimate of drug-likeness (QED) is 0.855. The molecular formula is C17H24BrNO. The second kappa shape index (κ2) is 5.34. The molecule has 1 aliphatic carbocycles. The molecule has 0 aromatic heterocycles. The second-order valence-electron chi connectivity index (χ2n) is 6.95. The van der Waals surface area contributed by atoms with Gasteiger partial charge in [-0.1, -0.05) is 42.6 Å². The van der Waals surface area contributed by atoms with E-state index in [0.717, 1.165) is 23.2 Å². The molecule has 20 heavy (non-hydrogen) atoms. The minimum Gasteiger partial charge on any atom is -0.493 e. The lowest BCUT2D eigenvalue weighted by atomic mass is 9.65. The van der Waals surface area contributed by atoms with Gasteiger partial charge in [0.05, 0.1) is 6.61 Å². The third kappa shape index (κ3) is 2.50. The van der Waals surface area contributed by atoms with Crippen LogP contribution in [0.2, 0.25) is 0 Å². The fraction of sp³-hybridized carbons (Fsp3) is 0.647. The summed E-state index contributed by atoms with van der Waals surface area (Å²) in [6, 6.07) is 4.42. The highest BCUT2D eigenvalue weighted by Gasteiger charge is 2.38. The Bertz CT molecular complexity index is 512. The highest BCUT2D eigenvalue weighted by molar-refractivity contribution is 9.10. The van der Waals surface area contributed by atoms with Crippen LogP contribution in [0.25, 0.3) is 0 Å². The van der Waals surface area contributed by atoms with Crippen molar-refractivity contribution < 1.29 is 4.74 Å². The highest BCUT2D eigenvalue weighted by atomic mass is 79.9. The molecule has 2 atom stereocenters. The normalized spacial score (nSPS) is 25.9. The molecule has 0 radical (unpaired) electrons. The van der Waals surface area contributed by atoms with Crippen LogP contribution >= 0.6 is 15.9 Å². The van der Waals surface area contributed by atoms with E-state index in [2.05, 4.69) is 41.9 Å². The van der Waals surface area contributed by atoms with Gasteiger partial charge in [0.2, 0.25) is 0 Å². The summed E-state index contributed by atoms with van der Waals surface area (Å²) in [5, 5.41) is 0. The first kappa shape index (κ1) is 14.4. The molecule has 1 fully saturated rings. The number of hydrogen-bond donors (Lipinski definition) is 1. The van der Waals surface area contributed by atoms with Gasteiger partial charge in [-0.05, 0) is 41.9 Å². The van der Waals surface area contributed by atoms with E-state index in [9.17, 15) is 0 Å². The van der Waals surface area contributed by atoms with E-state index < -0.39 is 0 Å². The van der Waals surface area contributed by atoms with Crippen molar-refractivity contribution in [1.82, 2.24) is 0 Å². The molecule has 0 spiro atoms. The van der Waals surface area contributed by atoms with Gasteiger partial charge in [0.1, 0.15) is 5.75 Å². The van der Waals surface area contributed by atoms with Gasteiger partial charge in [-0.3, -0.25) is 0 Å². The summed E-state index contributed by atoms with van der Waals surface area (Å²) >= 11 is 3.63. The molecule has 3 heteroatoms. The van der Waals surface area contributed by atoms with Crippen LogP contribution in [0, 0.1) is 11.3 Å². The number of ether oxygens (including phenoxy) is 1. The lowest BCUT2D eigenvalue weighted by Gasteiger charge is -2.42. The molecule has 110 valence electrons. The predicted molar refractivity (Wildman–Crippen MR) is 86.0 cm³/mol. The van der Waals surface area contributed by atoms with Crippen molar-refractivity contribution in [3.05, 3.63) is 27.7 Å². The summed E-state index contributed by atoms with van der Waals surface area (Å²) in [7, 11) is 0. The zero-order chi connectivity index (χ0) is 14.3. The van der Waals surface area contributed by atoms with Crippen molar-refractivity contribution in [3.8, 4) is 5.75 Å². The van der Waals surface area contributed by atoms with E-state index in [4.69, 9.17) is 10.5 Å². The lowest BCUT2D eigenvalue weighted by molar-refractivity contribution is 0.111. The highest BCUT2D eigenvalue weighted by Crippen LogP contribution is 2.48. The number of nitrogens with two attached hydrogens (primary N) is 1. The van der Waals surface area contributed by atoms with Gasteiger partial charge in [-0.15, -0.1) is 0 Å². The van der Waals surface area contributed by atoms with E-state index in [0.29, 0.717) is 11.3 Å². The zero-order valence-electron chi connectivity index (χ0n) is 12.4. The van der Waals surface area contributed by atoms with Crippen molar-refractivity contribution in [2.75, 3.05) is 6.61 Å². The Hall–Kier alpha value is -0.540. The molecule has 1 heterocycles. The molecule has 2 unspecified atom stereocenters. The summed E-state index contributed by atoms with van der Waals surface area (Å²) in [6.45, 7) is 5.53. The molecule has 1 aromatic carbocycles. The number of rotatable bonds is 2. The number of fused-ring (bicyclic) bond motifs is 1. The first-order valence-corrected chi connectivity index (χ1v) is 8.49. The predicted octanol–water partition coefficient (Wildman–Crippen LogP) is 4.60. The molecule has 1 aliphatic heterocycles. The fourth-order valence-electron chi connectivity index (χ4n) is 3.95. The first-order chi connectivity index (χ1) is 9.49. The Kier molecular flexibility index (Phi) is 3.85. The molecule has 0 saturated heterocycles. The maximum absolute atomic E-state index is 6.69. The van der Waals surface area contributed by atoms with Crippen LogP contribution in [0.3, 0.4) is 0 Å². The third-order valence-corrected chi connectivity index (χ3v) is 5.62. The molecule has 2 nitrogen and oxygen atoms in total. The Morgan fingerprint density at radius 3 is 2.90 bits per heavy atom. The number of benzene rings is 1. The molecule has 2 N–H and O–H groups in total. The van der Waals surface area contributed by atoms with Gasteiger partial charge in [-0.2, -0.15) is 0 Å². The Morgan fingerprint density at radius 1 is 1.35 bits per heavy atom. The molecule has 0 amide bonds. The molecule has 1 saturated carbocycles. The molecule has 1 aromatic rings. The first-order valence-electron chi connectivity index (χ1n) is 7.70. The Labute approximate surface area is 130 Å².